The molecule has 0 unspecified atom stereocenters. The van der Waals surface area contributed by atoms with Gasteiger partial charge in [-0.15, -0.1) is 11.8 Å². The summed E-state index contributed by atoms with van der Waals surface area (Å²) in [5.41, 5.74) is 6.40. The van der Waals surface area contributed by atoms with E-state index in [1.165, 1.54) is 23.0 Å². The van der Waals surface area contributed by atoms with Crippen LogP contribution in [0.1, 0.15) is 16.7 Å². The van der Waals surface area contributed by atoms with E-state index < -0.39 is 0 Å². The molecule has 0 spiro atoms. The van der Waals surface area contributed by atoms with Crippen molar-refractivity contribution in [2.24, 2.45) is 5.84 Å². The van der Waals surface area contributed by atoms with Crippen molar-refractivity contribution in [2.75, 3.05) is 5.43 Å². The minimum atomic E-state index is 0.632. The van der Waals surface area contributed by atoms with Crippen LogP contribution in [0.4, 0.5) is 5.82 Å². The molecule has 5 heteroatoms. The highest BCUT2D eigenvalue weighted by Crippen LogP contribution is 2.23. The number of aromatic nitrogens is 2. The van der Waals surface area contributed by atoms with E-state index in [9.17, 15) is 0 Å². The van der Waals surface area contributed by atoms with Gasteiger partial charge in [0.05, 0.1) is 0 Å². The number of benzene rings is 1. The van der Waals surface area contributed by atoms with E-state index in [4.69, 9.17) is 5.84 Å². The standard InChI is InChI=1S/C13H16N4S/c1-9-3-10(2)5-11(4-9)7-18-13-6-12(17-14)15-8-16-13/h3-6,8H,7,14H2,1-2H3,(H,15,16,17). The van der Waals surface area contributed by atoms with Gasteiger partial charge in [-0.2, -0.15) is 0 Å². The monoisotopic (exact) mass is 260 g/mol. The number of hydrogen-bond donors (Lipinski definition) is 2. The van der Waals surface area contributed by atoms with Gasteiger partial charge in [-0.05, 0) is 19.4 Å². The van der Waals surface area contributed by atoms with E-state index in [1.807, 2.05) is 6.07 Å². The van der Waals surface area contributed by atoms with Gasteiger partial charge >= 0.3 is 0 Å². The molecular formula is C13H16N4S. The van der Waals surface area contributed by atoms with E-state index >= 15 is 0 Å². The molecule has 0 radical (unpaired) electrons. The van der Waals surface area contributed by atoms with Gasteiger partial charge in [0.15, 0.2) is 0 Å². The third-order valence-corrected chi connectivity index (χ3v) is 3.45. The summed E-state index contributed by atoms with van der Waals surface area (Å²) in [7, 11) is 0. The van der Waals surface area contributed by atoms with Crippen LogP contribution in [0.25, 0.3) is 0 Å². The predicted octanol–water partition coefficient (Wildman–Crippen LogP) is 2.67. The smallest absolute Gasteiger partial charge is 0.144 e. The summed E-state index contributed by atoms with van der Waals surface area (Å²) in [6.07, 6.45) is 1.51. The average molecular weight is 260 g/mol. The Kier molecular flexibility index (Phi) is 4.17. The van der Waals surface area contributed by atoms with Gasteiger partial charge in [0, 0.05) is 11.8 Å². The lowest BCUT2D eigenvalue weighted by Crippen LogP contribution is -2.08. The molecule has 0 atom stereocenters. The number of anilines is 1. The first-order valence-electron chi connectivity index (χ1n) is 5.66. The fourth-order valence-electron chi connectivity index (χ4n) is 1.81. The molecule has 1 aromatic carbocycles. The molecule has 94 valence electrons. The zero-order valence-electron chi connectivity index (χ0n) is 10.5. The largest absolute Gasteiger partial charge is 0.308 e. The third-order valence-electron chi connectivity index (χ3n) is 2.46. The number of rotatable bonds is 4. The Balaban J connectivity index is 2.06. The van der Waals surface area contributed by atoms with Gasteiger partial charge in [0.2, 0.25) is 0 Å². The zero-order chi connectivity index (χ0) is 13.0. The maximum Gasteiger partial charge on any atom is 0.144 e. The molecule has 0 aliphatic rings. The van der Waals surface area contributed by atoms with E-state index in [0.717, 1.165) is 10.8 Å². The lowest BCUT2D eigenvalue weighted by molar-refractivity contribution is 1.04. The Morgan fingerprint density at radius 2 is 1.83 bits per heavy atom. The van der Waals surface area contributed by atoms with Crippen molar-refractivity contribution in [1.82, 2.24) is 9.97 Å². The first kappa shape index (κ1) is 12.9. The number of nitrogens with two attached hydrogens (primary N) is 1. The summed E-state index contributed by atoms with van der Waals surface area (Å²) in [5, 5.41) is 0.914. The molecule has 18 heavy (non-hydrogen) atoms. The predicted molar refractivity (Wildman–Crippen MR) is 75.3 cm³/mol. The Morgan fingerprint density at radius 3 is 2.50 bits per heavy atom. The van der Waals surface area contributed by atoms with E-state index in [1.54, 1.807) is 11.8 Å². The molecule has 0 aliphatic carbocycles. The maximum atomic E-state index is 5.32. The highest BCUT2D eigenvalue weighted by Gasteiger charge is 2.01. The lowest BCUT2D eigenvalue weighted by atomic mass is 10.1. The van der Waals surface area contributed by atoms with Crippen LogP contribution in [0, 0.1) is 13.8 Å². The van der Waals surface area contributed by atoms with Crippen molar-refractivity contribution in [2.45, 2.75) is 24.6 Å². The van der Waals surface area contributed by atoms with Gasteiger partial charge in [-0.3, -0.25) is 0 Å². The summed E-state index contributed by atoms with van der Waals surface area (Å²) in [6.45, 7) is 4.23. The van der Waals surface area contributed by atoms with E-state index in [-0.39, 0.29) is 0 Å². The Hall–Kier alpha value is -1.59. The molecule has 0 saturated heterocycles. The number of hydrazine groups is 1. The summed E-state index contributed by atoms with van der Waals surface area (Å²) in [5.74, 6) is 6.84. The topological polar surface area (TPSA) is 63.8 Å². The van der Waals surface area contributed by atoms with Crippen molar-refractivity contribution < 1.29 is 0 Å². The van der Waals surface area contributed by atoms with Crippen molar-refractivity contribution in [3.05, 3.63) is 47.3 Å². The van der Waals surface area contributed by atoms with Crippen molar-refractivity contribution in [3.8, 4) is 0 Å². The number of hydrogen-bond acceptors (Lipinski definition) is 5. The molecule has 4 nitrogen and oxygen atoms in total. The van der Waals surface area contributed by atoms with Crippen LogP contribution in [-0.2, 0) is 5.75 Å². The molecule has 0 saturated carbocycles. The molecule has 2 rings (SSSR count). The molecule has 0 aliphatic heterocycles. The quantitative estimate of drug-likeness (QED) is 0.383. The molecule has 2 aromatic rings. The van der Waals surface area contributed by atoms with Crippen LogP contribution < -0.4 is 11.3 Å². The summed E-state index contributed by atoms with van der Waals surface area (Å²) >= 11 is 1.67. The van der Waals surface area contributed by atoms with Crippen molar-refractivity contribution in [1.29, 1.82) is 0 Å². The van der Waals surface area contributed by atoms with Crippen molar-refractivity contribution in [3.63, 3.8) is 0 Å². The van der Waals surface area contributed by atoms with Gasteiger partial charge in [-0.1, -0.05) is 29.3 Å². The summed E-state index contributed by atoms with van der Waals surface area (Å²) < 4.78 is 0. The molecule has 3 N–H and O–H groups in total. The first-order chi connectivity index (χ1) is 8.67. The van der Waals surface area contributed by atoms with Crippen LogP contribution in [0.2, 0.25) is 0 Å². The van der Waals surface area contributed by atoms with E-state index in [0.29, 0.717) is 5.82 Å². The molecule has 1 heterocycles. The van der Waals surface area contributed by atoms with Crippen LogP contribution in [0.3, 0.4) is 0 Å². The lowest BCUT2D eigenvalue weighted by Gasteiger charge is -2.05. The van der Waals surface area contributed by atoms with Gasteiger partial charge in [0.25, 0.3) is 0 Å². The minimum absolute atomic E-state index is 0.632. The fraction of sp³-hybridized carbons (Fsp3) is 0.231. The Morgan fingerprint density at radius 1 is 1.11 bits per heavy atom. The van der Waals surface area contributed by atoms with Crippen LogP contribution in [-0.4, -0.2) is 9.97 Å². The summed E-state index contributed by atoms with van der Waals surface area (Å²) in [6, 6.07) is 8.41. The first-order valence-corrected chi connectivity index (χ1v) is 6.64. The SMILES string of the molecule is Cc1cc(C)cc(CSc2cc(NN)ncn2)c1. The Bertz CT molecular complexity index is 522. The third kappa shape index (κ3) is 3.45. The van der Waals surface area contributed by atoms with Crippen LogP contribution >= 0.6 is 11.8 Å². The maximum absolute atomic E-state index is 5.32. The second-order valence-corrected chi connectivity index (χ2v) is 5.17. The zero-order valence-corrected chi connectivity index (χ0v) is 11.3. The average Bonchev–Trinajstić information content (AvgIpc) is 2.35. The molecular weight excluding hydrogens is 244 g/mol. The molecule has 1 aromatic heterocycles. The Labute approximate surface area is 111 Å². The number of nitrogens with one attached hydrogen (secondary N) is 1. The van der Waals surface area contributed by atoms with Gasteiger partial charge < -0.3 is 5.43 Å². The van der Waals surface area contributed by atoms with Gasteiger partial charge in [0.1, 0.15) is 17.2 Å². The normalized spacial score (nSPS) is 10.4. The number of thioether (sulfide) groups is 1. The second-order valence-electron chi connectivity index (χ2n) is 4.17. The molecule has 0 bridgehead atoms. The van der Waals surface area contributed by atoms with Crippen LogP contribution in [0.5, 0.6) is 0 Å². The minimum Gasteiger partial charge on any atom is -0.308 e. The number of aryl methyl sites for hydroxylation is 2. The highest BCUT2D eigenvalue weighted by atomic mass is 32.2. The molecule has 0 fully saturated rings. The summed E-state index contributed by atoms with van der Waals surface area (Å²) in [4.78, 5) is 8.18. The number of nitrogen functional groups attached to an aromatic ring is 1. The highest BCUT2D eigenvalue weighted by molar-refractivity contribution is 7.98. The fourth-order valence-corrected chi connectivity index (χ4v) is 2.60. The van der Waals surface area contributed by atoms with Gasteiger partial charge in [-0.25, -0.2) is 15.8 Å². The van der Waals surface area contributed by atoms with Crippen molar-refractivity contribution >= 4 is 17.6 Å². The molecule has 0 amide bonds. The number of nitrogens with zero attached hydrogens (tertiary/aromatic N) is 2. The van der Waals surface area contributed by atoms with E-state index in [2.05, 4.69) is 47.4 Å². The second kappa shape index (κ2) is 5.84. The van der Waals surface area contributed by atoms with Crippen LogP contribution in [0.15, 0.2) is 35.6 Å².